The van der Waals surface area contributed by atoms with Crippen molar-refractivity contribution in [2.75, 3.05) is 6.54 Å². The van der Waals surface area contributed by atoms with Crippen LogP contribution in [0.5, 0.6) is 0 Å². The van der Waals surface area contributed by atoms with Gasteiger partial charge in [0.1, 0.15) is 11.6 Å². The Labute approximate surface area is 125 Å². The van der Waals surface area contributed by atoms with Crippen molar-refractivity contribution < 1.29 is 8.78 Å². The Balaban J connectivity index is 2.57. The van der Waals surface area contributed by atoms with Crippen molar-refractivity contribution in [3.05, 3.63) is 63.4 Å². The van der Waals surface area contributed by atoms with Crippen molar-refractivity contribution in [3.8, 4) is 0 Å². The average molecular weight is 341 g/mol. The SMILES string of the molecule is CCNC(c1cc(C)ccn1)c1c(F)ccc(Br)c1F. The molecule has 106 valence electrons. The minimum absolute atomic E-state index is 0.0145. The highest BCUT2D eigenvalue weighted by molar-refractivity contribution is 9.10. The van der Waals surface area contributed by atoms with Gasteiger partial charge >= 0.3 is 0 Å². The molecular formula is C15H15BrF2N2. The topological polar surface area (TPSA) is 24.9 Å². The normalized spacial score (nSPS) is 12.4. The van der Waals surface area contributed by atoms with Gasteiger partial charge in [-0.05, 0) is 59.2 Å². The summed E-state index contributed by atoms with van der Waals surface area (Å²) in [6.45, 7) is 4.38. The number of pyridine rings is 1. The Morgan fingerprint density at radius 3 is 2.70 bits per heavy atom. The molecule has 1 aromatic carbocycles. The van der Waals surface area contributed by atoms with Crippen molar-refractivity contribution in [2.24, 2.45) is 0 Å². The lowest BCUT2D eigenvalue weighted by molar-refractivity contribution is 0.502. The van der Waals surface area contributed by atoms with Gasteiger partial charge in [0, 0.05) is 11.8 Å². The van der Waals surface area contributed by atoms with Crippen molar-refractivity contribution in [1.29, 1.82) is 0 Å². The second-order valence-electron chi connectivity index (χ2n) is 4.51. The highest BCUT2D eigenvalue weighted by Gasteiger charge is 2.24. The summed E-state index contributed by atoms with van der Waals surface area (Å²) in [5.74, 6) is -1.18. The van der Waals surface area contributed by atoms with E-state index in [1.165, 1.54) is 12.1 Å². The van der Waals surface area contributed by atoms with Gasteiger partial charge in [-0.2, -0.15) is 0 Å². The first-order valence-corrected chi connectivity index (χ1v) is 7.13. The molecule has 2 aromatic rings. The number of aromatic nitrogens is 1. The molecule has 1 unspecified atom stereocenters. The zero-order valence-electron chi connectivity index (χ0n) is 11.3. The molecule has 2 rings (SSSR count). The summed E-state index contributed by atoms with van der Waals surface area (Å²) >= 11 is 3.10. The van der Waals surface area contributed by atoms with Crippen molar-refractivity contribution in [3.63, 3.8) is 0 Å². The van der Waals surface area contributed by atoms with E-state index in [2.05, 4.69) is 26.2 Å². The Bertz CT molecular complexity index is 617. The van der Waals surface area contributed by atoms with Gasteiger partial charge in [0.15, 0.2) is 0 Å². The van der Waals surface area contributed by atoms with Gasteiger partial charge in [0.05, 0.1) is 16.2 Å². The number of aryl methyl sites for hydroxylation is 1. The molecule has 2 nitrogen and oxygen atoms in total. The molecule has 20 heavy (non-hydrogen) atoms. The van der Waals surface area contributed by atoms with Gasteiger partial charge in [-0.25, -0.2) is 8.78 Å². The summed E-state index contributed by atoms with van der Waals surface area (Å²) in [6.07, 6.45) is 1.64. The van der Waals surface area contributed by atoms with Crippen molar-refractivity contribution >= 4 is 15.9 Å². The van der Waals surface area contributed by atoms with Crippen LogP contribution in [-0.4, -0.2) is 11.5 Å². The van der Waals surface area contributed by atoms with Gasteiger partial charge in [-0.15, -0.1) is 0 Å². The van der Waals surface area contributed by atoms with Crippen LogP contribution in [0.3, 0.4) is 0 Å². The monoisotopic (exact) mass is 340 g/mol. The van der Waals surface area contributed by atoms with Gasteiger partial charge < -0.3 is 5.32 Å². The molecule has 0 spiro atoms. The Morgan fingerprint density at radius 2 is 2.05 bits per heavy atom. The van der Waals surface area contributed by atoms with Crippen LogP contribution in [0, 0.1) is 18.6 Å². The van der Waals surface area contributed by atoms with Gasteiger partial charge in [-0.3, -0.25) is 4.98 Å². The van der Waals surface area contributed by atoms with Crippen LogP contribution in [0.4, 0.5) is 8.78 Å². The van der Waals surface area contributed by atoms with E-state index in [0.717, 1.165) is 5.56 Å². The Hall–Kier alpha value is -1.33. The summed E-state index contributed by atoms with van der Waals surface area (Å²) in [5, 5.41) is 3.09. The Morgan fingerprint density at radius 1 is 1.30 bits per heavy atom. The molecule has 0 bridgehead atoms. The van der Waals surface area contributed by atoms with Gasteiger partial charge in [0.25, 0.3) is 0 Å². The number of hydrogen-bond acceptors (Lipinski definition) is 2. The lowest BCUT2D eigenvalue weighted by atomic mass is 10.0. The zero-order chi connectivity index (χ0) is 14.7. The van der Waals surface area contributed by atoms with Crippen LogP contribution in [0.25, 0.3) is 0 Å². The van der Waals surface area contributed by atoms with E-state index in [1.807, 2.05) is 26.0 Å². The first-order chi connectivity index (χ1) is 9.54. The third-order valence-electron chi connectivity index (χ3n) is 3.01. The molecule has 5 heteroatoms. The predicted molar refractivity (Wildman–Crippen MR) is 78.6 cm³/mol. The molecule has 0 saturated carbocycles. The van der Waals surface area contributed by atoms with Crippen LogP contribution in [0.15, 0.2) is 34.9 Å². The van der Waals surface area contributed by atoms with E-state index in [-0.39, 0.29) is 10.0 Å². The van der Waals surface area contributed by atoms with Crippen LogP contribution in [-0.2, 0) is 0 Å². The molecule has 1 aromatic heterocycles. The largest absolute Gasteiger partial charge is 0.305 e. The fraction of sp³-hybridized carbons (Fsp3) is 0.267. The van der Waals surface area contributed by atoms with E-state index in [1.54, 1.807) is 6.20 Å². The first-order valence-electron chi connectivity index (χ1n) is 6.34. The van der Waals surface area contributed by atoms with Crippen LogP contribution in [0.2, 0.25) is 0 Å². The number of nitrogens with one attached hydrogen (secondary N) is 1. The minimum atomic E-state index is -0.614. The third kappa shape index (κ3) is 3.04. The molecule has 0 fully saturated rings. The predicted octanol–water partition coefficient (Wildman–Crippen LogP) is 4.13. The summed E-state index contributed by atoms with van der Waals surface area (Å²) in [7, 11) is 0. The number of benzene rings is 1. The van der Waals surface area contributed by atoms with Crippen molar-refractivity contribution in [1.82, 2.24) is 10.3 Å². The minimum Gasteiger partial charge on any atom is -0.305 e. The van der Waals surface area contributed by atoms with Crippen LogP contribution < -0.4 is 5.32 Å². The van der Waals surface area contributed by atoms with E-state index in [4.69, 9.17) is 0 Å². The maximum atomic E-state index is 14.3. The molecule has 0 aliphatic rings. The maximum Gasteiger partial charge on any atom is 0.145 e. The molecule has 1 N–H and O–H groups in total. The van der Waals surface area contributed by atoms with Crippen LogP contribution in [0.1, 0.15) is 29.8 Å². The van der Waals surface area contributed by atoms with E-state index >= 15 is 0 Å². The highest BCUT2D eigenvalue weighted by Crippen LogP contribution is 2.30. The van der Waals surface area contributed by atoms with E-state index in [9.17, 15) is 8.78 Å². The summed E-state index contributed by atoms with van der Waals surface area (Å²) in [4.78, 5) is 4.24. The third-order valence-corrected chi connectivity index (χ3v) is 3.62. The fourth-order valence-electron chi connectivity index (χ4n) is 2.08. The van der Waals surface area contributed by atoms with E-state index in [0.29, 0.717) is 12.2 Å². The van der Waals surface area contributed by atoms with Gasteiger partial charge in [-0.1, -0.05) is 6.92 Å². The molecule has 0 radical (unpaired) electrons. The number of halogens is 3. The quantitative estimate of drug-likeness (QED) is 0.846. The molecule has 0 saturated heterocycles. The average Bonchev–Trinajstić information content (AvgIpc) is 2.42. The summed E-state index contributed by atoms with van der Waals surface area (Å²) in [5.41, 5.74) is 1.58. The summed E-state index contributed by atoms with van der Waals surface area (Å²) in [6, 6.07) is 5.67. The van der Waals surface area contributed by atoms with Crippen LogP contribution >= 0.6 is 15.9 Å². The number of rotatable bonds is 4. The lowest BCUT2D eigenvalue weighted by Crippen LogP contribution is -2.25. The zero-order valence-corrected chi connectivity index (χ0v) is 12.8. The standard InChI is InChI=1S/C15H15BrF2N2/c1-3-19-15(12-8-9(2)6-7-20-12)13-11(17)5-4-10(16)14(13)18/h4-8,15,19H,3H2,1-2H3. The molecule has 1 heterocycles. The summed E-state index contributed by atoms with van der Waals surface area (Å²) < 4.78 is 28.6. The molecular weight excluding hydrogens is 326 g/mol. The number of nitrogens with zero attached hydrogens (tertiary/aromatic N) is 1. The second kappa shape index (κ2) is 6.41. The maximum absolute atomic E-state index is 14.3. The smallest absolute Gasteiger partial charge is 0.145 e. The molecule has 0 aliphatic carbocycles. The first kappa shape index (κ1) is 15.1. The van der Waals surface area contributed by atoms with E-state index < -0.39 is 17.7 Å². The lowest BCUT2D eigenvalue weighted by Gasteiger charge is -2.20. The second-order valence-corrected chi connectivity index (χ2v) is 5.36. The number of hydrogen-bond donors (Lipinski definition) is 1. The fourth-order valence-corrected chi connectivity index (χ4v) is 2.43. The molecule has 1 atom stereocenters. The molecule has 0 aliphatic heterocycles. The van der Waals surface area contributed by atoms with Gasteiger partial charge in [0.2, 0.25) is 0 Å². The highest BCUT2D eigenvalue weighted by atomic mass is 79.9. The van der Waals surface area contributed by atoms with Crippen molar-refractivity contribution in [2.45, 2.75) is 19.9 Å². The Kier molecular flexibility index (Phi) is 4.83. The molecule has 0 amide bonds.